The molecular weight excluding hydrogens is 234 g/mol. The Bertz CT molecular complexity index is 492. The van der Waals surface area contributed by atoms with Crippen molar-refractivity contribution in [1.82, 2.24) is 4.90 Å². The standard InChI is InChI=1S/C17H21NO/c1-14-8-10-16(11-9-14)17(19)13-18(2)12-15-6-4-3-5-7-15/h3-11,17,19H,12-13H2,1-2H3/t17-/m0/s1. The third-order valence-electron chi connectivity index (χ3n) is 3.24. The minimum absolute atomic E-state index is 0.436. The number of aliphatic hydroxyl groups excluding tert-OH is 1. The average Bonchev–Trinajstić information content (AvgIpc) is 2.40. The monoisotopic (exact) mass is 255 g/mol. The van der Waals surface area contributed by atoms with Crippen molar-refractivity contribution in [1.29, 1.82) is 0 Å². The zero-order chi connectivity index (χ0) is 13.7. The van der Waals surface area contributed by atoms with E-state index in [-0.39, 0.29) is 0 Å². The van der Waals surface area contributed by atoms with Crippen molar-refractivity contribution in [3.05, 3.63) is 71.3 Å². The second kappa shape index (κ2) is 6.50. The van der Waals surface area contributed by atoms with Crippen LogP contribution in [0.25, 0.3) is 0 Å². The Kier molecular flexibility index (Phi) is 4.72. The summed E-state index contributed by atoms with van der Waals surface area (Å²) in [4.78, 5) is 2.14. The van der Waals surface area contributed by atoms with Gasteiger partial charge in [0.2, 0.25) is 0 Å². The van der Waals surface area contributed by atoms with Crippen LogP contribution in [-0.4, -0.2) is 23.6 Å². The van der Waals surface area contributed by atoms with Crippen molar-refractivity contribution >= 4 is 0 Å². The Balaban J connectivity index is 1.91. The van der Waals surface area contributed by atoms with Crippen molar-refractivity contribution < 1.29 is 5.11 Å². The predicted molar refractivity (Wildman–Crippen MR) is 78.9 cm³/mol. The first-order valence-electron chi connectivity index (χ1n) is 6.62. The topological polar surface area (TPSA) is 23.5 Å². The molecule has 0 heterocycles. The van der Waals surface area contributed by atoms with Crippen molar-refractivity contribution in [3.63, 3.8) is 0 Å². The highest BCUT2D eigenvalue weighted by atomic mass is 16.3. The molecule has 0 fully saturated rings. The van der Waals surface area contributed by atoms with Gasteiger partial charge in [0.1, 0.15) is 0 Å². The number of nitrogens with zero attached hydrogens (tertiary/aromatic N) is 1. The number of hydrogen-bond acceptors (Lipinski definition) is 2. The van der Waals surface area contributed by atoms with Crippen LogP contribution in [0.2, 0.25) is 0 Å². The van der Waals surface area contributed by atoms with Gasteiger partial charge >= 0.3 is 0 Å². The lowest BCUT2D eigenvalue weighted by molar-refractivity contribution is 0.124. The van der Waals surface area contributed by atoms with E-state index in [0.717, 1.165) is 12.1 Å². The van der Waals surface area contributed by atoms with Gasteiger partial charge in [-0.15, -0.1) is 0 Å². The fourth-order valence-corrected chi connectivity index (χ4v) is 2.15. The first-order chi connectivity index (χ1) is 9.15. The number of aliphatic hydroxyl groups is 1. The van der Waals surface area contributed by atoms with Crippen LogP contribution in [0.3, 0.4) is 0 Å². The van der Waals surface area contributed by atoms with Crippen LogP contribution in [0, 0.1) is 6.92 Å². The van der Waals surface area contributed by atoms with E-state index in [9.17, 15) is 5.11 Å². The summed E-state index contributed by atoms with van der Waals surface area (Å²) < 4.78 is 0. The summed E-state index contributed by atoms with van der Waals surface area (Å²) in [5.41, 5.74) is 3.46. The maximum absolute atomic E-state index is 10.2. The van der Waals surface area contributed by atoms with Gasteiger partial charge in [-0.05, 0) is 25.1 Å². The van der Waals surface area contributed by atoms with Gasteiger partial charge in [0.25, 0.3) is 0 Å². The van der Waals surface area contributed by atoms with Crippen LogP contribution < -0.4 is 0 Å². The number of likely N-dealkylation sites (N-methyl/N-ethyl adjacent to an activating group) is 1. The molecule has 2 nitrogen and oxygen atoms in total. The molecule has 100 valence electrons. The van der Waals surface area contributed by atoms with E-state index in [1.165, 1.54) is 11.1 Å². The normalized spacial score (nSPS) is 12.6. The SMILES string of the molecule is Cc1ccc([C@@H](O)CN(C)Cc2ccccc2)cc1. The first-order valence-corrected chi connectivity index (χ1v) is 6.62. The third kappa shape index (κ3) is 4.19. The summed E-state index contributed by atoms with van der Waals surface area (Å²) in [5.74, 6) is 0. The number of aryl methyl sites for hydroxylation is 1. The second-order valence-corrected chi connectivity index (χ2v) is 5.11. The molecule has 0 saturated carbocycles. The van der Waals surface area contributed by atoms with E-state index in [1.807, 2.05) is 49.5 Å². The van der Waals surface area contributed by atoms with Gasteiger partial charge in [-0.3, -0.25) is 4.90 Å². The molecule has 19 heavy (non-hydrogen) atoms. The smallest absolute Gasteiger partial charge is 0.0916 e. The molecule has 0 radical (unpaired) electrons. The molecule has 0 spiro atoms. The maximum Gasteiger partial charge on any atom is 0.0916 e. The molecule has 0 amide bonds. The first kappa shape index (κ1) is 13.8. The van der Waals surface area contributed by atoms with Crippen molar-refractivity contribution in [3.8, 4) is 0 Å². The van der Waals surface area contributed by atoms with Crippen LogP contribution in [0.4, 0.5) is 0 Å². The lowest BCUT2D eigenvalue weighted by atomic mass is 10.1. The molecular formula is C17H21NO. The predicted octanol–water partition coefficient (Wildman–Crippen LogP) is 3.16. The van der Waals surface area contributed by atoms with Gasteiger partial charge in [0.15, 0.2) is 0 Å². The fourth-order valence-electron chi connectivity index (χ4n) is 2.15. The van der Waals surface area contributed by atoms with Crippen molar-refractivity contribution in [2.75, 3.05) is 13.6 Å². The zero-order valence-corrected chi connectivity index (χ0v) is 11.6. The van der Waals surface area contributed by atoms with E-state index in [1.54, 1.807) is 0 Å². The highest BCUT2D eigenvalue weighted by molar-refractivity contribution is 5.23. The molecule has 0 unspecified atom stereocenters. The molecule has 0 aliphatic carbocycles. The lowest BCUT2D eigenvalue weighted by Gasteiger charge is -2.21. The number of rotatable bonds is 5. The fraction of sp³-hybridized carbons (Fsp3) is 0.294. The van der Waals surface area contributed by atoms with Gasteiger partial charge < -0.3 is 5.11 Å². The van der Waals surface area contributed by atoms with E-state index in [2.05, 4.69) is 24.0 Å². The number of benzene rings is 2. The third-order valence-corrected chi connectivity index (χ3v) is 3.24. The molecule has 0 bridgehead atoms. The van der Waals surface area contributed by atoms with Crippen LogP contribution in [0.15, 0.2) is 54.6 Å². The van der Waals surface area contributed by atoms with Crippen molar-refractivity contribution in [2.45, 2.75) is 19.6 Å². The molecule has 0 aliphatic rings. The molecule has 1 N–H and O–H groups in total. The summed E-state index contributed by atoms with van der Waals surface area (Å²) >= 11 is 0. The van der Waals surface area contributed by atoms with Gasteiger partial charge in [-0.1, -0.05) is 60.2 Å². The van der Waals surface area contributed by atoms with Gasteiger partial charge in [-0.2, -0.15) is 0 Å². The Labute approximate surface area is 115 Å². The second-order valence-electron chi connectivity index (χ2n) is 5.11. The molecule has 2 rings (SSSR count). The van der Waals surface area contributed by atoms with Crippen LogP contribution >= 0.6 is 0 Å². The summed E-state index contributed by atoms with van der Waals surface area (Å²) in [7, 11) is 2.03. The zero-order valence-electron chi connectivity index (χ0n) is 11.6. The Morgan fingerprint density at radius 1 is 1.00 bits per heavy atom. The maximum atomic E-state index is 10.2. The van der Waals surface area contributed by atoms with E-state index in [0.29, 0.717) is 6.54 Å². The Morgan fingerprint density at radius 2 is 1.63 bits per heavy atom. The van der Waals surface area contributed by atoms with E-state index < -0.39 is 6.10 Å². The van der Waals surface area contributed by atoms with Gasteiger partial charge in [-0.25, -0.2) is 0 Å². The molecule has 2 aromatic carbocycles. The summed E-state index contributed by atoms with van der Waals surface area (Å²) in [5, 5.41) is 10.2. The minimum Gasteiger partial charge on any atom is -0.387 e. The van der Waals surface area contributed by atoms with E-state index in [4.69, 9.17) is 0 Å². The van der Waals surface area contributed by atoms with Crippen LogP contribution in [0.5, 0.6) is 0 Å². The van der Waals surface area contributed by atoms with Crippen LogP contribution in [0.1, 0.15) is 22.8 Å². The average molecular weight is 255 g/mol. The highest BCUT2D eigenvalue weighted by Crippen LogP contribution is 2.15. The summed E-state index contributed by atoms with van der Waals surface area (Å²) in [6.45, 7) is 3.54. The Hall–Kier alpha value is -1.64. The molecule has 0 aliphatic heterocycles. The van der Waals surface area contributed by atoms with Crippen molar-refractivity contribution in [2.24, 2.45) is 0 Å². The van der Waals surface area contributed by atoms with Crippen LogP contribution in [-0.2, 0) is 6.54 Å². The molecule has 1 atom stereocenters. The summed E-state index contributed by atoms with van der Waals surface area (Å²) in [6, 6.07) is 18.4. The summed E-state index contributed by atoms with van der Waals surface area (Å²) in [6.07, 6.45) is -0.436. The van der Waals surface area contributed by atoms with Gasteiger partial charge in [0, 0.05) is 13.1 Å². The minimum atomic E-state index is -0.436. The highest BCUT2D eigenvalue weighted by Gasteiger charge is 2.10. The van der Waals surface area contributed by atoms with E-state index >= 15 is 0 Å². The molecule has 0 aromatic heterocycles. The van der Waals surface area contributed by atoms with Gasteiger partial charge in [0.05, 0.1) is 6.10 Å². The molecule has 2 heteroatoms. The number of hydrogen-bond donors (Lipinski definition) is 1. The quantitative estimate of drug-likeness (QED) is 0.887. The lowest BCUT2D eigenvalue weighted by Crippen LogP contribution is -2.24. The Morgan fingerprint density at radius 3 is 2.26 bits per heavy atom. The molecule has 0 saturated heterocycles. The molecule has 2 aromatic rings. The largest absolute Gasteiger partial charge is 0.387 e.